The summed E-state index contributed by atoms with van der Waals surface area (Å²) in [6.07, 6.45) is 6.18. The van der Waals surface area contributed by atoms with E-state index in [1.165, 1.54) is 5.56 Å². The standard InChI is InChI=1S/C20H30OSi/c1-18-13-15-19(16-14-18)12-10-8-7-9-11-17-21-22(5,6)20(2,3)4/h7-8,13-16H,9,11,17H2,1-6H3/b8-7-. The van der Waals surface area contributed by atoms with Gasteiger partial charge in [-0.2, -0.15) is 0 Å². The third-order valence-corrected chi connectivity index (χ3v) is 8.79. The highest BCUT2D eigenvalue weighted by Gasteiger charge is 2.36. The lowest BCUT2D eigenvalue weighted by atomic mass is 10.1. The second-order valence-corrected chi connectivity index (χ2v) is 12.1. The van der Waals surface area contributed by atoms with Gasteiger partial charge in [0.05, 0.1) is 0 Å². The minimum atomic E-state index is -1.58. The number of hydrogen-bond acceptors (Lipinski definition) is 1. The van der Waals surface area contributed by atoms with Crippen LogP contribution in [0.2, 0.25) is 18.1 Å². The summed E-state index contributed by atoms with van der Waals surface area (Å²) in [4.78, 5) is 0. The number of hydrogen-bond donors (Lipinski definition) is 0. The van der Waals surface area contributed by atoms with Crippen molar-refractivity contribution in [3.8, 4) is 11.8 Å². The van der Waals surface area contributed by atoms with Gasteiger partial charge in [0.15, 0.2) is 8.32 Å². The van der Waals surface area contributed by atoms with Crippen molar-refractivity contribution in [2.24, 2.45) is 0 Å². The molecule has 0 heterocycles. The Hall–Kier alpha value is -1.30. The lowest BCUT2D eigenvalue weighted by Crippen LogP contribution is -2.40. The van der Waals surface area contributed by atoms with Gasteiger partial charge in [-0.05, 0) is 56.1 Å². The molecule has 1 rings (SSSR count). The molecular formula is C20H30OSi. The van der Waals surface area contributed by atoms with Crippen molar-refractivity contribution in [1.82, 2.24) is 0 Å². The summed E-state index contributed by atoms with van der Waals surface area (Å²) in [5, 5.41) is 0.294. The number of aryl methyl sites for hydroxylation is 1. The molecule has 0 amide bonds. The first-order chi connectivity index (χ1) is 10.2. The largest absolute Gasteiger partial charge is 0.417 e. The molecule has 120 valence electrons. The van der Waals surface area contributed by atoms with Crippen molar-refractivity contribution >= 4 is 8.32 Å². The fourth-order valence-electron chi connectivity index (χ4n) is 1.65. The Bertz CT molecular complexity index is 536. The average Bonchev–Trinajstić information content (AvgIpc) is 2.42. The molecule has 0 bridgehead atoms. The van der Waals surface area contributed by atoms with Crippen LogP contribution < -0.4 is 0 Å². The minimum absolute atomic E-state index is 0.294. The number of unbranched alkanes of at least 4 members (excludes halogenated alkanes) is 1. The maximum absolute atomic E-state index is 6.15. The van der Waals surface area contributed by atoms with E-state index in [1.54, 1.807) is 0 Å². The Balaban J connectivity index is 2.27. The summed E-state index contributed by atoms with van der Waals surface area (Å²) >= 11 is 0. The molecule has 0 N–H and O–H groups in total. The molecule has 0 aromatic heterocycles. The van der Waals surface area contributed by atoms with Gasteiger partial charge in [0.25, 0.3) is 0 Å². The fraction of sp³-hybridized carbons (Fsp3) is 0.500. The molecule has 0 atom stereocenters. The number of benzene rings is 1. The van der Waals surface area contributed by atoms with Crippen molar-refractivity contribution in [3.05, 3.63) is 47.5 Å². The van der Waals surface area contributed by atoms with Crippen molar-refractivity contribution in [2.75, 3.05) is 6.61 Å². The first kappa shape index (κ1) is 18.7. The zero-order chi connectivity index (χ0) is 16.6. The van der Waals surface area contributed by atoms with Crippen molar-refractivity contribution in [1.29, 1.82) is 0 Å². The van der Waals surface area contributed by atoms with Crippen LogP contribution in [0.4, 0.5) is 0 Å². The van der Waals surface area contributed by atoms with Gasteiger partial charge >= 0.3 is 0 Å². The van der Waals surface area contributed by atoms with E-state index < -0.39 is 8.32 Å². The number of rotatable bonds is 5. The predicted octanol–water partition coefficient (Wildman–Crippen LogP) is 5.70. The Morgan fingerprint density at radius 1 is 1.14 bits per heavy atom. The van der Waals surface area contributed by atoms with Crippen LogP contribution in [0.5, 0.6) is 0 Å². The molecule has 0 aliphatic rings. The maximum atomic E-state index is 6.15. The van der Waals surface area contributed by atoms with Gasteiger partial charge in [0, 0.05) is 12.2 Å². The van der Waals surface area contributed by atoms with Crippen LogP contribution in [0.3, 0.4) is 0 Å². The van der Waals surface area contributed by atoms with E-state index in [-0.39, 0.29) is 0 Å². The van der Waals surface area contributed by atoms with Crippen LogP contribution in [-0.4, -0.2) is 14.9 Å². The summed E-state index contributed by atoms with van der Waals surface area (Å²) in [5.41, 5.74) is 2.33. The first-order valence-electron chi connectivity index (χ1n) is 8.09. The SMILES string of the molecule is Cc1ccc(C#C/C=C\CCCO[Si](C)(C)C(C)(C)C)cc1. The molecular weight excluding hydrogens is 284 g/mol. The molecule has 0 unspecified atom stereocenters. The lowest BCUT2D eigenvalue weighted by Gasteiger charge is -2.36. The second kappa shape index (κ2) is 8.36. The number of allylic oxidation sites excluding steroid dienone is 2. The second-order valence-electron chi connectivity index (χ2n) is 7.29. The molecule has 0 aliphatic carbocycles. The molecule has 0 saturated heterocycles. The normalized spacial score (nSPS) is 12.3. The quantitative estimate of drug-likeness (QED) is 0.384. The third kappa shape index (κ3) is 6.64. The molecule has 0 radical (unpaired) electrons. The van der Waals surface area contributed by atoms with Crippen molar-refractivity contribution in [3.63, 3.8) is 0 Å². The van der Waals surface area contributed by atoms with E-state index in [9.17, 15) is 0 Å². The Morgan fingerprint density at radius 3 is 2.36 bits per heavy atom. The van der Waals surface area contributed by atoms with Gasteiger partial charge in [-0.1, -0.05) is 56.4 Å². The van der Waals surface area contributed by atoms with E-state index in [0.717, 1.165) is 25.0 Å². The van der Waals surface area contributed by atoms with Crippen LogP contribution in [-0.2, 0) is 4.43 Å². The molecule has 1 nitrogen and oxygen atoms in total. The smallest absolute Gasteiger partial charge is 0.191 e. The van der Waals surface area contributed by atoms with Gasteiger partial charge < -0.3 is 4.43 Å². The van der Waals surface area contributed by atoms with Gasteiger partial charge in [0.2, 0.25) is 0 Å². The summed E-state index contributed by atoms with van der Waals surface area (Å²) in [5.74, 6) is 6.24. The summed E-state index contributed by atoms with van der Waals surface area (Å²) < 4.78 is 6.15. The van der Waals surface area contributed by atoms with E-state index in [2.05, 4.69) is 83.0 Å². The Kier molecular flexibility index (Phi) is 7.12. The van der Waals surface area contributed by atoms with Crippen LogP contribution in [0.1, 0.15) is 44.7 Å². The zero-order valence-electron chi connectivity index (χ0n) is 15.0. The highest BCUT2D eigenvalue weighted by molar-refractivity contribution is 6.74. The third-order valence-electron chi connectivity index (χ3n) is 4.25. The van der Waals surface area contributed by atoms with Crippen LogP contribution in [0.25, 0.3) is 0 Å². The molecule has 0 spiro atoms. The molecule has 22 heavy (non-hydrogen) atoms. The van der Waals surface area contributed by atoms with E-state index in [4.69, 9.17) is 4.43 Å². The Labute approximate surface area is 137 Å². The minimum Gasteiger partial charge on any atom is -0.417 e. The zero-order valence-corrected chi connectivity index (χ0v) is 16.0. The van der Waals surface area contributed by atoms with E-state index in [1.807, 2.05) is 6.08 Å². The van der Waals surface area contributed by atoms with Crippen LogP contribution >= 0.6 is 0 Å². The van der Waals surface area contributed by atoms with Crippen molar-refractivity contribution in [2.45, 2.75) is 58.7 Å². The maximum Gasteiger partial charge on any atom is 0.191 e. The average molecular weight is 315 g/mol. The first-order valence-corrected chi connectivity index (χ1v) is 11.0. The van der Waals surface area contributed by atoms with Crippen LogP contribution in [0, 0.1) is 18.8 Å². The molecule has 2 heteroatoms. The summed E-state index contributed by atoms with van der Waals surface area (Å²) in [7, 11) is -1.58. The predicted molar refractivity (Wildman–Crippen MR) is 99.6 cm³/mol. The molecule has 0 aliphatic heterocycles. The highest BCUT2D eigenvalue weighted by Crippen LogP contribution is 2.36. The molecule has 0 saturated carbocycles. The fourth-order valence-corrected chi connectivity index (χ4v) is 2.74. The van der Waals surface area contributed by atoms with Gasteiger partial charge in [-0.3, -0.25) is 0 Å². The Morgan fingerprint density at radius 2 is 1.77 bits per heavy atom. The molecule has 1 aromatic rings. The lowest BCUT2D eigenvalue weighted by molar-refractivity contribution is 0.283. The van der Waals surface area contributed by atoms with Gasteiger partial charge in [-0.25, -0.2) is 0 Å². The van der Waals surface area contributed by atoms with E-state index >= 15 is 0 Å². The van der Waals surface area contributed by atoms with E-state index in [0.29, 0.717) is 5.04 Å². The summed E-state index contributed by atoms with van der Waals surface area (Å²) in [6.45, 7) is 14.4. The monoisotopic (exact) mass is 314 g/mol. The molecule has 0 fully saturated rings. The molecule has 1 aromatic carbocycles. The topological polar surface area (TPSA) is 9.23 Å². The van der Waals surface area contributed by atoms with Gasteiger partial charge in [-0.15, -0.1) is 0 Å². The van der Waals surface area contributed by atoms with Crippen LogP contribution in [0.15, 0.2) is 36.4 Å². The van der Waals surface area contributed by atoms with Crippen molar-refractivity contribution < 1.29 is 4.43 Å². The summed E-state index contributed by atoms with van der Waals surface area (Å²) in [6, 6.07) is 8.30. The van der Waals surface area contributed by atoms with Gasteiger partial charge in [0.1, 0.15) is 0 Å². The highest BCUT2D eigenvalue weighted by atomic mass is 28.4.